The predicted molar refractivity (Wildman–Crippen MR) is 72.5 cm³/mol. The Hall–Kier alpha value is -1.94. The van der Waals surface area contributed by atoms with Gasteiger partial charge in [0.05, 0.1) is 0 Å². The molecule has 3 nitrogen and oxygen atoms in total. The molecule has 19 heavy (non-hydrogen) atoms. The lowest BCUT2D eigenvalue weighted by Crippen LogP contribution is -2.10. The van der Waals surface area contributed by atoms with E-state index in [9.17, 15) is 9.18 Å². The van der Waals surface area contributed by atoms with E-state index in [1.807, 2.05) is 0 Å². The fourth-order valence-corrected chi connectivity index (χ4v) is 2.00. The van der Waals surface area contributed by atoms with Gasteiger partial charge in [-0.1, -0.05) is 23.7 Å². The molecule has 1 aromatic heterocycles. The number of rotatable bonds is 4. The van der Waals surface area contributed by atoms with E-state index in [0.29, 0.717) is 11.4 Å². The van der Waals surface area contributed by atoms with Gasteiger partial charge in [-0.2, -0.15) is 0 Å². The Balaban J connectivity index is 2.12. The van der Waals surface area contributed by atoms with Crippen molar-refractivity contribution in [3.05, 3.63) is 58.5 Å². The third-order valence-corrected chi connectivity index (χ3v) is 3.10. The Morgan fingerprint density at radius 1 is 1.26 bits per heavy atom. The molecule has 0 atom stereocenters. The molecule has 1 heterocycles. The summed E-state index contributed by atoms with van der Waals surface area (Å²) in [4.78, 5) is 15.8. The van der Waals surface area contributed by atoms with E-state index in [1.165, 1.54) is 12.1 Å². The standard InChI is InChI=1S/C14H12ClFN2O/c15-12-4-1-5-13(16)11(12)8-10(19)7-9-3-2-6-18-14(9)17/h1-6H,7-8H2,(H2,17,18). The molecule has 0 amide bonds. The van der Waals surface area contributed by atoms with E-state index in [2.05, 4.69) is 4.98 Å². The average molecular weight is 279 g/mol. The second-order valence-electron chi connectivity index (χ2n) is 4.14. The minimum Gasteiger partial charge on any atom is -0.383 e. The van der Waals surface area contributed by atoms with Gasteiger partial charge in [0.1, 0.15) is 17.4 Å². The molecule has 5 heteroatoms. The lowest BCUT2D eigenvalue weighted by atomic mass is 10.0. The molecule has 0 saturated carbocycles. The number of hydrogen-bond donors (Lipinski definition) is 1. The highest BCUT2D eigenvalue weighted by molar-refractivity contribution is 6.31. The van der Waals surface area contributed by atoms with Crippen molar-refractivity contribution in [1.29, 1.82) is 0 Å². The van der Waals surface area contributed by atoms with Gasteiger partial charge in [0, 0.05) is 35.2 Å². The maximum atomic E-state index is 13.6. The van der Waals surface area contributed by atoms with E-state index in [0.717, 1.165) is 0 Å². The van der Waals surface area contributed by atoms with Crippen molar-refractivity contribution in [2.75, 3.05) is 5.73 Å². The molecule has 0 bridgehead atoms. The second kappa shape index (κ2) is 5.80. The normalized spacial score (nSPS) is 10.4. The number of ketones is 1. The van der Waals surface area contributed by atoms with Crippen molar-refractivity contribution in [1.82, 2.24) is 4.98 Å². The largest absolute Gasteiger partial charge is 0.383 e. The van der Waals surface area contributed by atoms with Crippen LogP contribution < -0.4 is 5.73 Å². The molecule has 2 N–H and O–H groups in total. The van der Waals surface area contributed by atoms with Crippen molar-refractivity contribution in [2.24, 2.45) is 0 Å². The SMILES string of the molecule is Nc1ncccc1CC(=O)Cc1c(F)cccc1Cl. The van der Waals surface area contributed by atoms with Crippen LogP contribution in [0.2, 0.25) is 5.02 Å². The van der Waals surface area contributed by atoms with Gasteiger partial charge in [-0.3, -0.25) is 4.79 Å². The van der Waals surface area contributed by atoms with E-state index < -0.39 is 5.82 Å². The number of nitrogens with two attached hydrogens (primary N) is 1. The van der Waals surface area contributed by atoms with Crippen LogP contribution in [0.3, 0.4) is 0 Å². The third kappa shape index (κ3) is 3.29. The number of hydrogen-bond acceptors (Lipinski definition) is 3. The zero-order valence-corrected chi connectivity index (χ0v) is 10.8. The number of carbonyl (C=O) groups excluding carboxylic acids is 1. The summed E-state index contributed by atoms with van der Waals surface area (Å²) in [6.07, 6.45) is 1.61. The highest BCUT2D eigenvalue weighted by Gasteiger charge is 2.13. The summed E-state index contributed by atoms with van der Waals surface area (Å²) in [6, 6.07) is 7.78. The summed E-state index contributed by atoms with van der Waals surface area (Å²) in [5.74, 6) is -0.317. The van der Waals surface area contributed by atoms with Crippen LogP contribution in [0.5, 0.6) is 0 Å². The van der Waals surface area contributed by atoms with Crippen molar-refractivity contribution < 1.29 is 9.18 Å². The first-order valence-electron chi connectivity index (χ1n) is 5.72. The highest BCUT2D eigenvalue weighted by atomic mass is 35.5. The number of nitrogen functional groups attached to an aromatic ring is 1. The molecule has 0 spiro atoms. The average Bonchev–Trinajstić information content (AvgIpc) is 2.37. The Morgan fingerprint density at radius 2 is 2.05 bits per heavy atom. The first kappa shape index (κ1) is 13.5. The van der Waals surface area contributed by atoms with Crippen LogP contribution in [0.15, 0.2) is 36.5 Å². The van der Waals surface area contributed by atoms with Gasteiger partial charge in [0.25, 0.3) is 0 Å². The minimum atomic E-state index is -0.472. The Morgan fingerprint density at radius 3 is 2.74 bits per heavy atom. The molecule has 0 fully saturated rings. The quantitative estimate of drug-likeness (QED) is 0.936. The number of anilines is 1. The van der Waals surface area contributed by atoms with E-state index in [-0.39, 0.29) is 29.2 Å². The van der Waals surface area contributed by atoms with Crippen LogP contribution in [0.25, 0.3) is 0 Å². The minimum absolute atomic E-state index is 0.0557. The van der Waals surface area contributed by atoms with Gasteiger partial charge in [0.15, 0.2) is 0 Å². The third-order valence-electron chi connectivity index (χ3n) is 2.75. The second-order valence-corrected chi connectivity index (χ2v) is 4.55. The molecule has 98 valence electrons. The summed E-state index contributed by atoms with van der Waals surface area (Å²) in [7, 11) is 0. The molecule has 0 unspecified atom stereocenters. The molecular formula is C14H12ClFN2O. The number of benzene rings is 1. The fourth-order valence-electron chi connectivity index (χ4n) is 1.77. The number of pyridine rings is 1. The summed E-state index contributed by atoms with van der Waals surface area (Å²) < 4.78 is 13.6. The monoisotopic (exact) mass is 278 g/mol. The van der Waals surface area contributed by atoms with Crippen molar-refractivity contribution in [3.8, 4) is 0 Å². The highest BCUT2D eigenvalue weighted by Crippen LogP contribution is 2.20. The number of nitrogens with zero attached hydrogens (tertiary/aromatic N) is 1. The number of aromatic nitrogens is 1. The number of halogens is 2. The Bertz CT molecular complexity index is 596. The molecule has 0 radical (unpaired) electrons. The lowest BCUT2D eigenvalue weighted by Gasteiger charge is -2.06. The summed E-state index contributed by atoms with van der Waals surface area (Å²) in [5.41, 5.74) is 6.52. The van der Waals surface area contributed by atoms with Gasteiger partial charge in [0.2, 0.25) is 0 Å². The summed E-state index contributed by atoms with van der Waals surface area (Å²) >= 11 is 5.88. The smallest absolute Gasteiger partial charge is 0.141 e. The van der Waals surface area contributed by atoms with Crippen molar-refractivity contribution >= 4 is 23.2 Å². The summed E-state index contributed by atoms with van der Waals surface area (Å²) in [6.45, 7) is 0. The predicted octanol–water partition coefficient (Wildman–Crippen LogP) is 2.81. The molecule has 2 aromatic rings. The lowest BCUT2D eigenvalue weighted by molar-refractivity contribution is -0.117. The van der Waals surface area contributed by atoms with Gasteiger partial charge >= 0.3 is 0 Å². The molecule has 0 saturated heterocycles. The van der Waals surface area contributed by atoms with E-state index in [4.69, 9.17) is 17.3 Å². The van der Waals surface area contributed by atoms with Crippen LogP contribution in [0.4, 0.5) is 10.2 Å². The van der Waals surface area contributed by atoms with Crippen molar-refractivity contribution in [2.45, 2.75) is 12.8 Å². The zero-order valence-electron chi connectivity index (χ0n) is 10.1. The van der Waals surface area contributed by atoms with E-state index in [1.54, 1.807) is 24.4 Å². The molecular weight excluding hydrogens is 267 g/mol. The molecule has 2 rings (SSSR count). The van der Waals surface area contributed by atoms with E-state index >= 15 is 0 Å². The van der Waals surface area contributed by atoms with Gasteiger partial charge in [-0.05, 0) is 18.2 Å². The topological polar surface area (TPSA) is 56.0 Å². The Kier molecular flexibility index (Phi) is 4.12. The van der Waals surface area contributed by atoms with Crippen LogP contribution in [0, 0.1) is 5.82 Å². The summed E-state index contributed by atoms with van der Waals surface area (Å²) in [5, 5.41) is 0.257. The zero-order chi connectivity index (χ0) is 13.8. The first-order chi connectivity index (χ1) is 9.08. The number of Topliss-reactive ketones (excluding diaryl/α,β-unsaturated/α-hetero) is 1. The van der Waals surface area contributed by atoms with Crippen LogP contribution in [-0.2, 0) is 17.6 Å². The fraction of sp³-hybridized carbons (Fsp3) is 0.143. The molecule has 1 aromatic carbocycles. The van der Waals surface area contributed by atoms with Crippen LogP contribution >= 0.6 is 11.6 Å². The molecule has 0 aliphatic rings. The number of carbonyl (C=O) groups is 1. The van der Waals surface area contributed by atoms with Gasteiger partial charge in [-0.15, -0.1) is 0 Å². The maximum absolute atomic E-state index is 13.6. The maximum Gasteiger partial charge on any atom is 0.141 e. The van der Waals surface area contributed by atoms with Gasteiger partial charge in [-0.25, -0.2) is 9.37 Å². The van der Waals surface area contributed by atoms with Crippen LogP contribution in [0.1, 0.15) is 11.1 Å². The Labute approximate surface area is 115 Å². The van der Waals surface area contributed by atoms with Gasteiger partial charge < -0.3 is 5.73 Å². The molecule has 0 aliphatic heterocycles. The first-order valence-corrected chi connectivity index (χ1v) is 6.09. The van der Waals surface area contributed by atoms with Crippen LogP contribution in [-0.4, -0.2) is 10.8 Å². The van der Waals surface area contributed by atoms with Crippen molar-refractivity contribution in [3.63, 3.8) is 0 Å². The molecule has 0 aliphatic carbocycles.